The second kappa shape index (κ2) is 8.76. The van der Waals surface area contributed by atoms with Gasteiger partial charge in [-0.25, -0.2) is 0 Å². The van der Waals surface area contributed by atoms with E-state index in [0.29, 0.717) is 18.4 Å². The Morgan fingerprint density at radius 2 is 1.74 bits per heavy atom. The van der Waals surface area contributed by atoms with Crippen LogP contribution in [-0.2, 0) is 11.3 Å². The smallest absolute Gasteiger partial charge is 0.352 e. The molecule has 0 heterocycles. The van der Waals surface area contributed by atoms with Crippen LogP contribution in [0.4, 0.5) is 13.2 Å². The van der Waals surface area contributed by atoms with Crippen molar-refractivity contribution in [2.75, 3.05) is 7.05 Å². The molecule has 0 aromatic heterocycles. The van der Waals surface area contributed by atoms with Crippen LogP contribution >= 0.6 is 0 Å². The highest BCUT2D eigenvalue weighted by Gasteiger charge is 2.47. The Labute approximate surface area is 158 Å². The van der Waals surface area contributed by atoms with E-state index < -0.39 is 23.9 Å². The van der Waals surface area contributed by atoms with E-state index in [1.54, 1.807) is 36.2 Å². The van der Waals surface area contributed by atoms with Gasteiger partial charge in [-0.15, -0.1) is 0 Å². The van der Waals surface area contributed by atoms with E-state index >= 15 is 0 Å². The van der Waals surface area contributed by atoms with E-state index in [1.807, 2.05) is 13.8 Å². The van der Waals surface area contributed by atoms with Crippen LogP contribution in [0.25, 0.3) is 0 Å². The fourth-order valence-corrected chi connectivity index (χ4v) is 3.36. The number of carbonyl (C=O) groups is 2. The highest BCUT2D eigenvalue weighted by Crippen LogP contribution is 2.41. The fraction of sp³-hybridized carbons (Fsp3) is 0.600. The number of benzene rings is 1. The predicted molar refractivity (Wildman–Crippen MR) is 97.0 cm³/mol. The van der Waals surface area contributed by atoms with Gasteiger partial charge >= 0.3 is 6.18 Å². The zero-order valence-electron chi connectivity index (χ0n) is 16.0. The van der Waals surface area contributed by atoms with Gasteiger partial charge in [0, 0.05) is 31.1 Å². The molecule has 150 valence electrons. The van der Waals surface area contributed by atoms with Crippen LogP contribution in [0.2, 0.25) is 0 Å². The summed E-state index contributed by atoms with van der Waals surface area (Å²) in [5, 5.41) is 2.63. The molecule has 2 unspecified atom stereocenters. The normalized spacial score (nSPS) is 20.4. The Hall–Kier alpha value is -2.05. The molecule has 0 bridgehead atoms. The molecule has 4 nitrogen and oxygen atoms in total. The van der Waals surface area contributed by atoms with Crippen molar-refractivity contribution in [3.05, 3.63) is 35.4 Å². The monoisotopic (exact) mass is 384 g/mol. The van der Waals surface area contributed by atoms with Crippen molar-refractivity contribution in [2.45, 2.75) is 58.3 Å². The lowest BCUT2D eigenvalue weighted by Crippen LogP contribution is -2.42. The number of hydrogen-bond donors (Lipinski definition) is 1. The fourth-order valence-electron chi connectivity index (χ4n) is 3.36. The van der Waals surface area contributed by atoms with E-state index in [0.717, 1.165) is 5.56 Å². The third-order valence-electron chi connectivity index (χ3n) is 5.29. The van der Waals surface area contributed by atoms with E-state index in [2.05, 4.69) is 5.32 Å². The number of nitrogens with zero attached hydrogens (tertiary/aromatic N) is 1. The Morgan fingerprint density at radius 3 is 2.30 bits per heavy atom. The molecule has 1 N–H and O–H groups in total. The third-order valence-corrected chi connectivity index (χ3v) is 5.29. The van der Waals surface area contributed by atoms with Crippen LogP contribution in [0.5, 0.6) is 0 Å². The molecule has 0 saturated heterocycles. The van der Waals surface area contributed by atoms with Gasteiger partial charge in [-0.3, -0.25) is 9.59 Å². The number of halogens is 3. The van der Waals surface area contributed by atoms with E-state index in [-0.39, 0.29) is 31.3 Å². The van der Waals surface area contributed by atoms with Crippen molar-refractivity contribution in [3.8, 4) is 0 Å². The summed E-state index contributed by atoms with van der Waals surface area (Å²) in [6, 6.07) is 6.84. The van der Waals surface area contributed by atoms with Crippen LogP contribution in [0.15, 0.2) is 24.3 Å². The summed E-state index contributed by atoms with van der Waals surface area (Å²) in [5.74, 6) is -3.22. The molecule has 0 radical (unpaired) electrons. The van der Waals surface area contributed by atoms with E-state index in [1.165, 1.54) is 0 Å². The average Bonchev–Trinajstić information content (AvgIpc) is 2.64. The van der Waals surface area contributed by atoms with Crippen LogP contribution in [-0.4, -0.2) is 36.0 Å². The van der Waals surface area contributed by atoms with Crippen LogP contribution in [0, 0.1) is 11.8 Å². The summed E-state index contributed by atoms with van der Waals surface area (Å²) < 4.78 is 39.4. The maximum absolute atomic E-state index is 13.1. The number of alkyl halides is 3. The largest absolute Gasteiger partial charge is 0.392 e. The minimum absolute atomic E-state index is 0.0156. The minimum Gasteiger partial charge on any atom is -0.352 e. The van der Waals surface area contributed by atoms with Crippen molar-refractivity contribution in [2.24, 2.45) is 11.8 Å². The SMILES string of the molecule is CC(C)N(C)C(=O)c1ccc(CNC(=O)C2CCCCC2C(F)(F)F)cc1. The molecule has 27 heavy (non-hydrogen) atoms. The second-order valence-corrected chi connectivity index (χ2v) is 7.46. The van der Waals surface area contributed by atoms with Crippen LogP contribution < -0.4 is 5.32 Å². The number of nitrogens with one attached hydrogen (secondary N) is 1. The Morgan fingerprint density at radius 1 is 1.15 bits per heavy atom. The Bertz CT molecular complexity index is 656. The first kappa shape index (κ1) is 21.3. The molecule has 2 atom stereocenters. The molecule has 1 aliphatic carbocycles. The zero-order chi connectivity index (χ0) is 20.2. The van der Waals surface area contributed by atoms with E-state index in [9.17, 15) is 22.8 Å². The molecule has 1 fully saturated rings. The number of amides is 2. The first-order valence-electron chi connectivity index (χ1n) is 9.31. The lowest BCUT2D eigenvalue weighted by atomic mass is 9.78. The summed E-state index contributed by atoms with van der Waals surface area (Å²) in [7, 11) is 1.72. The maximum Gasteiger partial charge on any atom is 0.392 e. The van der Waals surface area contributed by atoms with Crippen molar-refractivity contribution < 1.29 is 22.8 Å². The molecule has 1 aliphatic rings. The first-order valence-corrected chi connectivity index (χ1v) is 9.31. The summed E-state index contributed by atoms with van der Waals surface area (Å²) in [5.41, 5.74) is 1.28. The molecule has 1 saturated carbocycles. The summed E-state index contributed by atoms with van der Waals surface area (Å²) in [6.45, 7) is 3.98. The second-order valence-electron chi connectivity index (χ2n) is 7.46. The molecule has 1 aromatic carbocycles. The molecule has 1 aromatic rings. The topological polar surface area (TPSA) is 49.4 Å². The van der Waals surface area contributed by atoms with Crippen molar-refractivity contribution in [3.63, 3.8) is 0 Å². The summed E-state index contributed by atoms with van der Waals surface area (Å²) in [6.07, 6.45) is -2.90. The molecule has 2 rings (SSSR count). The molecule has 2 amide bonds. The number of carbonyl (C=O) groups excluding carboxylic acids is 2. The van der Waals surface area contributed by atoms with Gasteiger partial charge in [0.2, 0.25) is 5.91 Å². The highest BCUT2D eigenvalue weighted by molar-refractivity contribution is 5.94. The van der Waals surface area contributed by atoms with Gasteiger partial charge in [0.05, 0.1) is 5.92 Å². The molecule has 0 aliphatic heterocycles. The lowest BCUT2D eigenvalue weighted by molar-refractivity contribution is -0.198. The van der Waals surface area contributed by atoms with Gasteiger partial charge in [-0.05, 0) is 44.4 Å². The Kier molecular flexibility index (Phi) is 6.89. The average molecular weight is 384 g/mol. The first-order chi connectivity index (χ1) is 12.6. The molecule has 7 heteroatoms. The minimum atomic E-state index is -4.34. The van der Waals surface area contributed by atoms with Gasteiger partial charge in [-0.1, -0.05) is 25.0 Å². The van der Waals surface area contributed by atoms with Crippen molar-refractivity contribution >= 4 is 11.8 Å². The predicted octanol–water partition coefficient (Wildman–Crippen LogP) is 4.15. The van der Waals surface area contributed by atoms with Crippen molar-refractivity contribution in [1.82, 2.24) is 10.2 Å². The Balaban J connectivity index is 1.96. The standard InChI is InChI=1S/C20H27F3N2O2/c1-13(2)25(3)19(27)15-10-8-14(9-11-15)12-24-18(26)16-6-4-5-7-17(16)20(21,22)23/h8-11,13,16-17H,4-7,12H2,1-3H3,(H,24,26). The van der Waals surface area contributed by atoms with Crippen LogP contribution in [0.1, 0.15) is 55.5 Å². The van der Waals surface area contributed by atoms with E-state index in [4.69, 9.17) is 0 Å². The van der Waals surface area contributed by atoms with Gasteiger partial charge in [-0.2, -0.15) is 13.2 Å². The number of rotatable bonds is 5. The van der Waals surface area contributed by atoms with Gasteiger partial charge in [0.1, 0.15) is 0 Å². The zero-order valence-corrected chi connectivity index (χ0v) is 16.0. The third kappa shape index (κ3) is 5.47. The van der Waals surface area contributed by atoms with Gasteiger partial charge in [0.15, 0.2) is 0 Å². The molecular weight excluding hydrogens is 357 g/mol. The van der Waals surface area contributed by atoms with Crippen molar-refractivity contribution in [1.29, 1.82) is 0 Å². The summed E-state index contributed by atoms with van der Waals surface area (Å²) in [4.78, 5) is 26.2. The maximum atomic E-state index is 13.1. The summed E-state index contributed by atoms with van der Waals surface area (Å²) >= 11 is 0. The highest BCUT2D eigenvalue weighted by atomic mass is 19.4. The van der Waals surface area contributed by atoms with Crippen LogP contribution in [0.3, 0.4) is 0 Å². The molecular formula is C20H27F3N2O2. The van der Waals surface area contributed by atoms with Gasteiger partial charge < -0.3 is 10.2 Å². The number of hydrogen-bond acceptors (Lipinski definition) is 2. The molecule has 0 spiro atoms. The quantitative estimate of drug-likeness (QED) is 0.829. The van der Waals surface area contributed by atoms with Gasteiger partial charge in [0.25, 0.3) is 5.91 Å². The lowest BCUT2D eigenvalue weighted by Gasteiger charge is -2.32.